The highest BCUT2D eigenvalue weighted by atomic mass is 16.2. The van der Waals surface area contributed by atoms with Crippen molar-refractivity contribution in [2.75, 3.05) is 24.7 Å². The number of hydrogen-bond donors (Lipinski definition) is 2. The van der Waals surface area contributed by atoms with Gasteiger partial charge in [0.05, 0.1) is 11.1 Å². The number of benzene rings is 4. The second-order valence-electron chi connectivity index (χ2n) is 10.7. The summed E-state index contributed by atoms with van der Waals surface area (Å²) in [7, 11) is 3.66. The van der Waals surface area contributed by atoms with E-state index in [1.54, 1.807) is 9.80 Å². The molecule has 0 fully saturated rings. The van der Waals surface area contributed by atoms with Crippen LogP contribution in [-0.2, 0) is 6.42 Å². The van der Waals surface area contributed by atoms with Crippen molar-refractivity contribution in [1.82, 2.24) is 9.80 Å². The van der Waals surface area contributed by atoms with Crippen LogP contribution < -0.4 is 10.6 Å². The van der Waals surface area contributed by atoms with E-state index in [0.717, 1.165) is 33.6 Å². The highest BCUT2D eigenvalue weighted by Gasteiger charge is 2.32. The molecule has 2 atom stereocenters. The average molecular weight is 517 g/mol. The van der Waals surface area contributed by atoms with Gasteiger partial charge >= 0.3 is 0 Å². The van der Waals surface area contributed by atoms with E-state index < -0.39 is 0 Å². The Kier molecular flexibility index (Phi) is 6.10. The van der Waals surface area contributed by atoms with Crippen LogP contribution in [0.5, 0.6) is 0 Å². The van der Waals surface area contributed by atoms with Crippen LogP contribution in [0.25, 0.3) is 0 Å². The van der Waals surface area contributed by atoms with Gasteiger partial charge in [-0.15, -0.1) is 0 Å². The van der Waals surface area contributed by atoms with Gasteiger partial charge in [0.2, 0.25) is 0 Å². The lowest BCUT2D eigenvalue weighted by Gasteiger charge is -2.36. The summed E-state index contributed by atoms with van der Waals surface area (Å²) >= 11 is 0. The zero-order valence-corrected chi connectivity index (χ0v) is 22.7. The highest BCUT2D eigenvalue weighted by Crippen LogP contribution is 2.35. The molecule has 6 heteroatoms. The fraction of sp³-hybridized carbons (Fsp3) is 0.212. The van der Waals surface area contributed by atoms with Crippen LogP contribution in [0.3, 0.4) is 0 Å². The lowest BCUT2D eigenvalue weighted by Crippen LogP contribution is -2.40. The summed E-state index contributed by atoms with van der Waals surface area (Å²) in [5, 5.41) is 7.05. The molecule has 6 rings (SSSR count). The molecule has 0 radical (unpaired) electrons. The Morgan fingerprint density at radius 3 is 1.36 bits per heavy atom. The molecular weight excluding hydrogens is 484 g/mol. The van der Waals surface area contributed by atoms with Gasteiger partial charge in [0.1, 0.15) is 12.3 Å². The molecule has 2 aliphatic heterocycles. The second kappa shape index (κ2) is 9.62. The zero-order chi connectivity index (χ0) is 27.3. The van der Waals surface area contributed by atoms with E-state index in [2.05, 4.69) is 85.1 Å². The Labute approximate surface area is 229 Å². The van der Waals surface area contributed by atoms with E-state index in [4.69, 9.17) is 0 Å². The van der Waals surface area contributed by atoms with Crippen LogP contribution >= 0.6 is 0 Å². The predicted octanol–water partition coefficient (Wildman–Crippen LogP) is 6.29. The summed E-state index contributed by atoms with van der Waals surface area (Å²) in [5.74, 6) is -0.0190. The summed E-state index contributed by atoms with van der Waals surface area (Å²) in [4.78, 5) is 30.2. The van der Waals surface area contributed by atoms with Crippen LogP contribution in [0.4, 0.5) is 11.4 Å². The van der Waals surface area contributed by atoms with Crippen LogP contribution in [0.1, 0.15) is 66.4 Å². The van der Waals surface area contributed by atoms with E-state index in [1.165, 1.54) is 11.1 Å². The summed E-state index contributed by atoms with van der Waals surface area (Å²) < 4.78 is 0. The number of carbonyl (C=O) groups is 2. The van der Waals surface area contributed by atoms with E-state index in [9.17, 15) is 9.59 Å². The smallest absolute Gasteiger partial charge is 0.257 e. The monoisotopic (exact) mass is 516 g/mol. The van der Waals surface area contributed by atoms with Crippen LogP contribution in [0.2, 0.25) is 0 Å². The minimum Gasteiger partial charge on any atom is -0.361 e. The molecule has 2 amide bonds. The number of carbonyl (C=O) groups excluding carboxylic acids is 2. The molecule has 0 aliphatic carbocycles. The van der Waals surface area contributed by atoms with Crippen molar-refractivity contribution in [3.05, 3.63) is 129 Å². The fourth-order valence-corrected chi connectivity index (χ4v) is 5.46. The normalized spacial score (nSPS) is 18.3. The summed E-state index contributed by atoms with van der Waals surface area (Å²) in [6.07, 6.45) is 0.199. The minimum absolute atomic E-state index is 0.00948. The lowest BCUT2D eigenvalue weighted by molar-refractivity contribution is 0.0728. The van der Waals surface area contributed by atoms with Gasteiger partial charge in [0.15, 0.2) is 0 Å². The van der Waals surface area contributed by atoms with Crippen molar-refractivity contribution in [3.63, 3.8) is 0 Å². The molecular formula is C33H32N4O2. The quantitative estimate of drug-likeness (QED) is 0.335. The summed E-state index contributed by atoms with van der Waals surface area (Å²) in [6.45, 7) is 4.11. The van der Waals surface area contributed by atoms with Crippen molar-refractivity contribution in [3.8, 4) is 0 Å². The molecule has 4 aromatic carbocycles. The van der Waals surface area contributed by atoms with Crippen LogP contribution in [0.15, 0.2) is 84.9 Å². The Morgan fingerprint density at radius 1 is 0.590 bits per heavy atom. The molecule has 0 saturated heterocycles. The number of nitrogens with zero attached hydrogens (tertiary/aromatic N) is 2. The molecule has 0 bridgehead atoms. The number of aryl methyl sites for hydroxylation is 2. The van der Waals surface area contributed by atoms with Gasteiger partial charge in [-0.05, 0) is 66.8 Å². The van der Waals surface area contributed by atoms with Gasteiger partial charge in [-0.3, -0.25) is 9.59 Å². The Morgan fingerprint density at radius 2 is 0.974 bits per heavy atom. The maximum atomic E-state index is 13.3. The molecule has 0 aromatic heterocycles. The number of fused-ring (bicyclic) bond motifs is 2. The first kappa shape index (κ1) is 24.7. The molecule has 2 unspecified atom stereocenters. The SMILES string of the molecule is Cc1ccc(C2Nc3ccc(Cc4ccc5c(c4)C(=O)N(C)C(c4ccc(C)cc4)N5)cc3C(=O)N2C)cc1. The number of amides is 2. The zero-order valence-electron chi connectivity index (χ0n) is 22.7. The first-order chi connectivity index (χ1) is 18.8. The third-order valence-electron chi connectivity index (χ3n) is 7.82. The lowest BCUT2D eigenvalue weighted by atomic mass is 9.96. The molecule has 0 saturated carbocycles. The topological polar surface area (TPSA) is 64.7 Å². The first-order valence-corrected chi connectivity index (χ1v) is 13.2. The van der Waals surface area contributed by atoms with Gasteiger partial charge in [-0.25, -0.2) is 0 Å². The van der Waals surface area contributed by atoms with Crippen molar-refractivity contribution >= 4 is 23.2 Å². The van der Waals surface area contributed by atoms with Crippen LogP contribution in [0, 0.1) is 13.8 Å². The van der Waals surface area contributed by atoms with Crippen molar-refractivity contribution < 1.29 is 9.59 Å². The third kappa shape index (κ3) is 4.52. The highest BCUT2D eigenvalue weighted by molar-refractivity contribution is 6.02. The standard InChI is InChI=1S/C33H32N4O2/c1-20-5-11-24(12-6-20)30-34-28-15-9-22(18-26(28)32(38)36(30)3)17-23-10-16-29-27(19-23)33(39)37(4)31(35-29)25-13-7-21(2)8-14-25/h5-16,18-19,30-31,34-35H,17H2,1-4H3. The predicted molar refractivity (Wildman–Crippen MR) is 155 cm³/mol. The van der Waals surface area contributed by atoms with Gasteiger partial charge in [0, 0.05) is 25.5 Å². The molecule has 6 nitrogen and oxygen atoms in total. The number of nitrogens with one attached hydrogen (secondary N) is 2. The molecule has 2 N–H and O–H groups in total. The van der Waals surface area contributed by atoms with E-state index in [0.29, 0.717) is 17.5 Å². The van der Waals surface area contributed by atoms with E-state index in [1.807, 2.05) is 38.4 Å². The van der Waals surface area contributed by atoms with Crippen molar-refractivity contribution in [1.29, 1.82) is 0 Å². The number of rotatable bonds is 4. The molecule has 2 heterocycles. The maximum absolute atomic E-state index is 13.3. The Balaban J connectivity index is 1.23. The van der Waals surface area contributed by atoms with Crippen molar-refractivity contribution in [2.45, 2.75) is 32.6 Å². The Hall–Kier alpha value is -4.58. The Bertz CT molecular complexity index is 1460. The third-order valence-corrected chi connectivity index (χ3v) is 7.82. The average Bonchev–Trinajstić information content (AvgIpc) is 2.94. The summed E-state index contributed by atoms with van der Waals surface area (Å²) in [6, 6.07) is 28.5. The largest absolute Gasteiger partial charge is 0.361 e. The number of hydrogen-bond acceptors (Lipinski definition) is 4. The maximum Gasteiger partial charge on any atom is 0.257 e. The van der Waals surface area contributed by atoms with Gasteiger partial charge in [0.25, 0.3) is 11.8 Å². The van der Waals surface area contributed by atoms with Gasteiger partial charge < -0.3 is 20.4 Å². The number of anilines is 2. The molecule has 2 aliphatic rings. The second-order valence-corrected chi connectivity index (χ2v) is 10.7. The first-order valence-electron chi connectivity index (χ1n) is 13.2. The summed E-state index contributed by atoms with van der Waals surface area (Å²) in [5.41, 5.74) is 9.51. The van der Waals surface area contributed by atoms with E-state index >= 15 is 0 Å². The molecule has 196 valence electrons. The van der Waals surface area contributed by atoms with Gasteiger partial charge in [-0.2, -0.15) is 0 Å². The van der Waals surface area contributed by atoms with Crippen molar-refractivity contribution in [2.24, 2.45) is 0 Å². The van der Waals surface area contributed by atoms with Crippen LogP contribution in [-0.4, -0.2) is 35.7 Å². The minimum atomic E-state index is -0.212. The van der Waals surface area contributed by atoms with E-state index in [-0.39, 0.29) is 24.1 Å². The molecule has 0 spiro atoms. The van der Waals surface area contributed by atoms with Gasteiger partial charge in [-0.1, -0.05) is 71.8 Å². The molecule has 39 heavy (non-hydrogen) atoms. The fourth-order valence-electron chi connectivity index (χ4n) is 5.46. The molecule has 4 aromatic rings.